The van der Waals surface area contributed by atoms with Gasteiger partial charge >= 0.3 is 5.97 Å². The van der Waals surface area contributed by atoms with Crippen LogP contribution >= 0.6 is 0 Å². The lowest BCUT2D eigenvalue weighted by molar-refractivity contribution is -0.151. The van der Waals surface area contributed by atoms with Crippen LogP contribution in [0.25, 0.3) is 0 Å². The van der Waals surface area contributed by atoms with Crippen LogP contribution in [0.3, 0.4) is 0 Å². The number of piperidine rings is 1. The molecule has 0 spiro atoms. The normalized spacial score (nSPS) is 35.1. The summed E-state index contributed by atoms with van der Waals surface area (Å²) in [7, 11) is 0. The zero-order chi connectivity index (χ0) is 15.1. The third kappa shape index (κ3) is 2.32. The number of likely N-dealkylation sites (tertiary alicyclic amines) is 1. The van der Waals surface area contributed by atoms with E-state index >= 15 is 0 Å². The first kappa shape index (κ1) is 14.1. The SMILES string of the molecule is NC(=O)C1CCN(C(=O)[C@H]2[C@H](C(=O)O)[C@H]3C=C[C@H]2C3)CC1. The predicted octanol–water partition coefficient (Wildman–Crippen LogP) is 0.233. The number of carbonyl (C=O) groups is 3. The number of carboxylic acids is 1. The number of aliphatic carboxylic acids is 1. The molecule has 3 N–H and O–H groups in total. The van der Waals surface area contributed by atoms with Crippen molar-refractivity contribution in [2.24, 2.45) is 35.3 Å². The first-order chi connectivity index (χ1) is 9.99. The third-order valence-corrected chi connectivity index (χ3v) is 5.24. The number of carbonyl (C=O) groups excluding carboxylic acids is 2. The fraction of sp³-hybridized carbons (Fsp3) is 0.667. The quantitative estimate of drug-likeness (QED) is 0.727. The first-order valence-electron chi connectivity index (χ1n) is 7.48. The smallest absolute Gasteiger partial charge is 0.307 e. The first-order valence-corrected chi connectivity index (χ1v) is 7.48. The summed E-state index contributed by atoms with van der Waals surface area (Å²) >= 11 is 0. The molecule has 6 nitrogen and oxygen atoms in total. The van der Waals surface area contributed by atoms with Crippen LogP contribution in [0.4, 0.5) is 0 Å². The van der Waals surface area contributed by atoms with Crippen molar-refractivity contribution >= 4 is 17.8 Å². The molecule has 2 amide bonds. The number of amides is 2. The van der Waals surface area contributed by atoms with E-state index in [0.717, 1.165) is 6.42 Å². The van der Waals surface area contributed by atoms with Gasteiger partial charge in [-0.15, -0.1) is 0 Å². The van der Waals surface area contributed by atoms with Gasteiger partial charge in [0.2, 0.25) is 11.8 Å². The molecule has 6 heteroatoms. The van der Waals surface area contributed by atoms with Crippen molar-refractivity contribution < 1.29 is 19.5 Å². The van der Waals surface area contributed by atoms with E-state index in [1.165, 1.54) is 0 Å². The number of nitrogens with zero attached hydrogens (tertiary/aromatic N) is 1. The van der Waals surface area contributed by atoms with Gasteiger partial charge in [-0.1, -0.05) is 12.2 Å². The highest BCUT2D eigenvalue weighted by Crippen LogP contribution is 2.49. The maximum absolute atomic E-state index is 12.7. The van der Waals surface area contributed by atoms with Gasteiger partial charge in [-0.2, -0.15) is 0 Å². The molecule has 1 saturated heterocycles. The van der Waals surface area contributed by atoms with E-state index in [4.69, 9.17) is 5.73 Å². The minimum atomic E-state index is -0.878. The van der Waals surface area contributed by atoms with Crippen molar-refractivity contribution in [2.45, 2.75) is 19.3 Å². The van der Waals surface area contributed by atoms with Crippen molar-refractivity contribution in [2.75, 3.05) is 13.1 Å². The predicted molar refractivity (Wildman–Crippen MR) is 73.9 cm³/mol. The van der Waals surface area contributed by atoms with Gasteiger partial charge in [0.05, 0.1) is 11.8 Å². The standard InChI is InChI=1S/C15H20N2O4/c16-13(18)8-3-5-17(6-4-8)14(19)11-9-1-2-10(7-9)12(11)15(20)21/h1-2,8-12H,3-7H2,(H2,16,18)(H,20,21)/t9-,10-,11+,12+/m0/s1. The molecule has 2 fully saturated rings. The molecule has 2 bridgehead atoms. The Morgan fingerprint density at radius 1 is 1.05 bits per heavy atom. The number of nitrogens with two attached hydrogens (primary N) is 1. The number of allylic oxidation sites excluding steroid dienone is 2. The molecule has 4 atom stereocenters. The monoisotopic (exact) mass is 292 g/mol. The summed E-state index contributed by atoms with van der Waals surface area (Å²) in [5, 5.41) is 9.40. The van der Waals surface area contributed by atoms with Crippen molar-refractivity contribution in [3.63, 3.8) is 0 Å². The second-order valence-electron chi connectivity index (χ2n) is 6.34. The summed E-state index contributed by atoms with van der Waals surface area (Å²) in [6.07, 6.45) is 5.85. The van der Waals surface area contributed by atoms with Gasteiger partial charge in [0.1, 0.15) is 0 Å². The highest BCUT2D eigenvalue weighted by Gasteiger charge is 2.52. The third-order valence-electron chi connectivity index (χ3n) is 5.24. The van der Waals surface area contributed by atoms with Gasteiger partial charge in [0.15, 0.2) is 0 Å². The maximum atomic E-state index is 12.7. The molecule has 21 heavy (non-hydrogen) atoms. The zero-order valence-corrected chi connectivity index (χ0v) is 11.8. The van der Waals surface area contributed by atoms with E-state index in [1.807, 2.05) is 12.2 Å². The molecule has 0 aromatic rings. The average Bonchev–Trinajstić information content (AvgIpc) is 3.07. The second kappa shape index (κ2) is 5.16. The Balaban J connectivity index is 1.70. The van der Waals surface area contributed by atoms with Gasteiger partial charge in [-0.3, -0.25) is 14.4 Å². The fourth-order valence-electron chi connectivity index (χ4n) is 4.09. The molecular formula is C15H20N2O4. The largest absolute Gasteiger partial charge is 0.481 e. The number of primary amides is 1. The number of carboxylic acid groups (broad SMARTS) is 1. The van der Waals surface area contributed by atoms with Gasteiger partial charge in [-0.25, -0.2) is 0 Å². The molecular weight excluding hydrogens is 272 g/mol. The van der Waals surface area contributed by atoms with Crippen LogP contribution in [0.1, 0.15) is 19.3 Å². The minimum absolute atomic E-state index is 0.00962. The zero-order valence-electron chi connectivity index (χ0n) is 11.8. The van der Waals surface area contributed by atoms with Gasteiger partial charge < -0.3 is 15.7 Å². The van der Waals surface area contributed by atoms with Crippen LogP contribution in [0.2, 0.25) is 0 Å². The number of fused-ring (bicyclic) bond motifs is 2. The number of hydrogen-bond acceptors (Lipinski definition) is 3. The topological polar surface area (TPSA) is 101 Å². The molecule has 1 aliphatic heterocycles. The minimum Gasteiger partial charge on any atom is -0.481 e. The Hall–Kier alpha value is -1.85. The summed E-state index contributed by atoms with van der Waals surface area (Å²) in [4.78, 5) is 37.0. The van der Waals surface area contributed by atoms with Gasteiger partial charge in [0, 0.05) is 19.0 Å². The molecule has 0 radical (unpaired) electrons. The fourth-order valence-corrected chi connectivity index (χ4v) is 4.09. The summed E-state index contributed by atoms with van der Waals surface area (Å²) in [5.41, 5.74) is 5.29. The summed E-state index contributed by atoms with van der Waals surface area (Å²) in [6.45, 7) is 0.993. The second-order valence-corrected chi connectivity index (χ2v) is 6.34. The summed E-state index contributed by atoms with van der Waals surface area (Å²) in [5.74, 6) is -2.41. The van der Waals surface area contributed by atoms with Crippen molar-refractivity contribution in [3.05, 3.63) is 12.2 Å². The number of hydrogen-bond donors (Lipinski definition) is 2. The van der Waals surface area contributed by atoms with Crippen LogP contribution in [0, 0.1) is 29.6 Å². The molecule has 114 valence electrons. The highest BCUT2D eigenvalue weighted by atomic mass is 16.4. The van der Waals surface area contributed by atoms with E-state index in [2.05, 4.69) is 0 Å². The Bertz CT molecular complexity index is 508. The number of rotatable bonds is 3. The van der Waals surface area contributed by atoms with E-state index in [9.17, 15) is 19.5 Å². The van der Waals surface area contributed by atoms with Crippen molar-refractivity contribution in [1.82, 2.24) is 4.90 Å². The van der Waals surface area contributed by atoms with E-state index in [-0.39, 0.29) is 29.6 Å². The molecule has 0 aromatic carbocycles. The van der Waals surface area contributed by atoms with Crippen LogP contribution in [-0.4, -0.2) is 40.9 Å². The Morgan fingerprint density at radius 2 is 1.62 bits per heavy atom. The van der Waals surface area contributed by atoms with Crippen LogP contribution in [-0.2, 0) is 14.4 Å². The van der Waals surface area contributed by atoms with Gasteiger partial charge in [-0.05, 0) is 31.1 Å². The highest BCUT2D eigenvalue weighted by molar-refractivity contribution is 5.87. The van der Waals surface area contributed by atoms with Gasteiger partial charge in [0.25, 0.3) is 0 Å². The average molecular weight is 292 g/mol. The van der Waals surface area contributed by atoms with Crippen LogP contribution < -0.4 is 5.73 Å². The van der Waals surface area contributed by atoms with Crippen LogP contribution in [0.15, 0.2) is 12.2 Å². The molecule has 2 aliphatic carbocycles. The molecule has 0 unspecified atom stereocenters. The molecule has 1 saturated carbocycles. The Morgan fingerprint density at radius 3 is 2.14 bits per heavy atom. The van der Waals surface area contributed by atoms with Crippen LogP contribution in [0.5, 0.6) is 0 Å². The lowest BCUT2D eigenvalue weighted by atomic mass is 9.81. The van der Waals surface area contributed by atoms with E-state index < -0.39 is 17.8 Å². The summed E-state index contributed by atoms with van der Waals surface area (Å²) in [6, 6.07) is 0. The van der Waals surface area contributed by atoms with Crippen molar-refractivity contribution in [1.29, 1.82) is 0 Å². The Kier molecular flexibility index (Phi) is 3.47. The summed E-state index contributed by atoms with van der Waals surface area (Å²) < 4.78 is 0. The van der Waals surface area contributed by atoms with Crippen molar-refractivity contribution in [3.8, 4) is 0 Å². The lowest BCUT2D eigenvalue weighted by Gasteiger charge is -2.35. The van der Waals surface area contributed by atoms with E-state index in [1.54, 1.807) is 4.90 Å². The lowest BCUT2D eigenvalue weighted by Crippen LogP contribution is -2.47. The Labute approximate surface area is 123 Å². The van der Waals surface area contributed by atoms with E-state index in [0.29, 0.717) is 25.9 Å². The molecule has 3 aliphatic rings. The maximum Gasteiger partial charge on any atom is 0.307 e. The molecule has 3 rings (SSSR count). The molecule has 0 aromatic heterocycles. The molecule has 1 heterocycles.